The number of hydrogen-bond donors (Lipinski definition) is 0. The molecule has 5 heteroatoms. The number of nitrogens with zero attached hydrogens (tertiary/aromatic N) is 2. The van der Waals surface area contributed by atoms with E-state index in [9.17, 15) is 4.79 Å². The van der Waals surface area contributed by atoms with Crippen LogP contribution in [0.5, 0.6) is 5.75 Å². The molecule has 1 fully saturated rings. The van der Waals surface area contributed by atoms with E-state index < -0.39 is 0 Å². The second-order valence-corrected chi connectivity index (χ2v) is 7.86. The third-order valence-electron chi connectivity index (χ3n) is 4.89. The Morgan fingerprint density at radius 3 is 2.72 bits per heavy atom. The molecule has 1 amide bonds. The van der Waals surface area contributed by atoms with Gasteiger partial charge in [0.05, 0.1) is 6.61 Å². The molecule has 2 aromatic rings. The fourth-order valence-corrected chi connectivity index (χ4v) is 4.05. The first kappa shape index (κ1) is 16.8. The predicted octanol–water partition coefficient (Wildman–Crippen LogP) is 3.18. The van der Waals surface area contributed by atoms with Gasteiger partial charge in [-0.25, -0.2) is 0 Å². The van der Waals surface area contributed by atoms with Crippen molar-refractivity contribution in [2.45, 2.75) is 13.0 Å². The molecule has 25 heavy (non-hydrogen) atoms. The normalized spacial score (nSPS) is 17.2. The van der Waals surface area contributed by atoms with Crippen molar-refractivity contribution in [1.29, 1.82) is 0 Å². The molecule has 0 N–H and O–H groups in total. The van der Waals surface area contributed by atoms with Crippen LogP contribution in [0.1, 0.15) is 21.5 Å². The van der Waals surface area contributed by atoms with Crippen molar-refractivity contribution < 1.29 is 9.53 Å². The van der Waals surface area contributed by atoms with Gasteiger partial charge in [-0.3, -0.25) is 9.69 Å². The number of carbonyl (C=O) groups excluding carboxylic acids is 1. The number of carbonyl (C=O) groups is 1. The Morgan fingerprint density at radius 2 is 1.92 bits per heavy atom. The van der Waals surface area contributed by atoms with E-state index in [1.54, 1.807) is 0 Å². The summed E-state index contributed by atoms with van der Waals surface area (Å²) in [6, 6.07) is 14.3. The number of ether oxygens (including phenoxy) is 1. The van der Waals surface area contributed by atoms with Gasteiger partial charge < -0.3 is 9.64 Å². The molecule has 0 spiro atoms. The number of benzene rings is 2. The number of amides is 1. The van der Waals surface area contributed by atoms with Gasteiger partial charge in [-0.15, -0.1) is 0 Å². The summed E-state index contributed by atoms with van der Waals surface area (Å²) in [6.07, 6.45) is 1.02. The Kier molecular flexibility index (Phi) is 4.94. The van der Waals surface area contributed by atoms with E-state index in [-0.39, 0.29) is 5.91 Å². The smallest absolute Gasteiger partial charge is 0.253 e. The molecule has 2 aliphatic heterocycles. The molecule has 0 aromatic heterocycles. The molecule has 2 aromatic carbocycles. The fourth-order valence-electron chi connectivity index (χ4n) is 3.51. The largest absolute Gasteiger partial charge is 0.493 e. The summed E-state index contributed by atoms with van der Waals surface area (Å²) >= 11 is 2.25. The van der Waals surface area contributed by atoms with Crippen LogP contribution in [-0.4, -0.2) is 48.5 Å². The summed E-state index contributed by atoms with van der Waals surface area (Å²) in [5.41, 5.74) is 3.45. The molecule has 0 unspecified atom stereocenters. The van der Waals surface area contributed by atoms with Crippen LogP contribution in [0.3, 0.4) is 0 Å². The number of hydrogen-bond acceptors (Lipinski definition) is 3. The van der Waals surface area contributed by atoms with Gasteiger partial charge in [0.15, 0.2) is 0 Å². The van der Waals surface area contributed by atoms with E-state index in [0.29, 0.717) is 0 Å². The van der Waals surface area contributed by atoms with E-state index in [1.807, 2.05) is 29.2 Å². The molecule has 4 nitrogen and oxygen atoms in total. The maximum Gasteiger partial charge on any atom is 0.253 e. The zero-order chi connectivity index (χ0) is 17.2. The third-order valence-corrected chi connectivity index (χ3v) is 5.56. The van der Waals surface area contributed by atoms with Crippen molar-refractivity contribution in [3.8, 4) is 5.75 Å². The van der Waals surface area contributed by atoms with Gasteiger partial charge in [0, 0.05) is 48.3 Å². The quantitative estimate of drug-likeness (QED) is 0.677. The van der Waals surface area contributed by atoms with Crippen LogP contribution in [0.4, 0.5) is 0 Å². The minimum Gasteiger partial charge on any atom is -0.493 e. The van der Waals surface area contributed by atoms with Gasteiger partial charge in [0.2, 0.25) is 0 Å². The van der Waals surface area contributed by atoms with E-state index in [1.165, 1.54) is 11.1 Å². The topological polar surface area (TPSA) is 32.8 Å². The van der Waals surface area contributed by atoms with E-state index in [0.717, 1.165) is 60.6 Å². The third kappa shape index (κ3) is 3.82. The predicted molar refractivity (Wildman–Crippen MR) is 106 cm³/mol. The van der Waals surface area contributed by atoms with Gasteiger partial charge >= 0.3 is 0 Å². The van der Waals surface area contributed by atoms with Crippen molar-refractivity contribution in [1.82, 2.24) is 9.80 Å². The Morgan fingerprint density at radius 1 is 1.08 bits per heavy atom. The van der Waals surface area contributed by atoms with Crippen molar-refractivity contribution in [3.05, 3.63) is 62.7 Å². The van der Waals surface area contributed by atoms with Gasteiger partial charge in [-0.2, -0.15) is 0 Å². The molecule has 2 heterocycles. The molecular weight excluding hydrogens is 427 g/mol. The Balaban J connectivity index is 1.34. The van der Waals surface area contributed by atoms with E-state index in [2.05, 4.69) is 45.7 Å². The highest BCUT2D eigenvalue weighted by Gasteiger charge is 2.22. The second kappa shape index (κ2) is 7.33. The zero-order valence-electron chi connectivity index (χ0n) is 14.1. The Labute approximate surface area is 161 Å². The first-order valence-electron chi connectivity index (χ1n) is 8.71. The second-order valence-electron chi connectivity index (χ2n) is 6.62. The monoisotopic (exact) mass is 448 g/mol. The summed E-state index contributed by atoms with van der Waals surface area (Å²) in [6.45, 7) is 5.17. The summed E-state index contributed by atoms with van der Waals surface area (Å²) in [4.78, 5) is 17.0. The van der Waals surface area contributed by atoms with Crippen molar-refractivity contribution >= 4 is 28.5 Å². The van der Waals surface area contributed by atoms with Crippen LogP contribution < -0.4 is 4.74 Å². The van der Waals surface area contributed by atoms with Crippen LogP contribution in [0.2, 0.25) is 0 Å². The molecule has 0 atom stereocenters. The van der Waals surface area contributed by atoms with Gasteiger partial charge in [0.1, 0.15) is 5.75 Å². The maximum absolute atomic E-state index is 12.6. The highest BCUT2D eigenvalue weighted by Crippen LogP contribution is 2.26. The van der Waals surface area contributed by atoms with Crippen LogP contribution in [-0.2, 0) is 13.0 Å². The molecule has 4 rings (SSSR count). The van der Waals surface area contributed by atoms with E-state index >= 15 is 0 Å². The van der Waals surface area contributed by atoms with Crippen molar-refractivity contribution in [2.24, 2.45) is 0 Å². The molecule has 0 bridgehead atoms. The molecule has 1 saturated heterocycles. The number of fused-ring (bicyclic) bond motifs is 1. The first-order valence-corrected chi connectivity index (χ1v) is 9.79. The van der Waals surface area contributed by atoms with Crippen molar-refractivity contribution in [2.75, 3.05) is 32.8 Å². The lowest BCUT2D eigenvalue weighted by Gasteiger charge is -2.35. The molecule has 0 aliphatic carbocycles. The highest BCUT2D eigenvalue weighted by molar-refractivity contribution is 14.1. The van der Waals surface area contributed by atoms with Gasteiger partial charge in [-0.05, 0) is 58.0 Å². The molecule has 130 valence electrons. The fraction of sp³-hybridized carbons (Fsp3) is 0.350. The number of halogens is 1. The molecule has 0 saturated carbocycles. The van der Waals surface area contributed by atoms with Crippen molar-refractivity contribution in [3.63, 3.8) is 0 Å². The highest BCUT2D eigenvalue weighted by atomic mass is 127. The summed E-state index contributed by atoms with van der Waals surface area (Å²) < 4.78 is 6.68. The minimum atomic E-state index is 0.146. The SMILES string of the molecule is O=C(c1cccc(I)c1)N1CCN(Cc2ccc3c(c2)CCO3)CC1. The number of rotatable bonds is 3. The lowest BCUT2D eigenvalue weighted by molar-refractivity contribution is 0.0628. The molecule has 2 aliphatic rings. The average Bonchev–Trinajstić information content (AvgIpc) is 3.09. The van der Waals surface area contributed by atoms with Crippen LogP contribution in [0.25, 0.3) is 0 Å². The van der Waals surface area contributed by atoms with Crippen LogP contribution in [0, 0.1) is 3.57 Å². The van der Waals surface area contributed by atoms with Gasteiger partial charge in [0.25, 0.3) is 5.91 Å². The van der Waals surface area contributed by atoms with E-state index in [4.69, 9.17) is 4.74 Å². The maximum atomic E-state index is 12.6. The first-order chi connectivity index (χ1) is 12.2. The molecular formula is C20H21IN2O2. The van der Waals surface area contributed by atoms with Gasteiger partial charge in [-0.1, -0.05) is 18.2 Å². The Hall–Kier alpha value is -1.60. The van der Waals surface area contributed by atoms with Crippen LogP contribution >= 0.6 is 22.6 Å². The summed E-state index contributed by atoms with van der Waals surface area (Å²) in [5, 5.41) is 0. The minimum absolute atomic E-state index is 0.146. The summed E-state index contributed by atoms with van der Waals surface area (Å²) in [5.74, 6) is 1.18. The van der Waals surface area contributed by atoms with Crippen LogP contribution in [0.15, 0.2) is 42.5 Å². The zero-order valence-corrected chi connectivity index (χ0v) is 16.2. The lowest BCUT2D eigenvalue weighted by Crippen LogP contribution is -2.48. The lowest BCUT2D eigenvalue weighted by atomic mass is 10.1. The summed E-state index contributed by atoms with van der Waals surface area (Å²) in [7, 11) is 0. The number of piperazine rings is 1. The molecule has 0 radical (unpaired) electrons. The Bertz CT molecular complexity index is 785. The standard InChI is InChI=1S/C20H21IN2O2/c21-18-3-1-2-17(13-18)20(24)23-9-7-22(8-10-23)14-15-4-5-19-16(12-15)6-11-25-19/h1-5,12-13H,6-11,14H2. The average molecular weight is 448 g/mol.